The van der Waals surface area contributed by atoms with Crippen molar-refractivity contribution in [1.29, 1.82) is 10.5 Å². The highest BCUT2D eigenvalue weighted by Crippen LogP contribution is 2.42. The van der Waals surface area contributed by atoms with Crippen molar-refractivity contribution >= 4 is 27.7 Å². The van der Waals surface area contributed by atoms with Crippen LogP contribution in [-0.4, -0.2) is 11.8 Å². The maximum absolute atomic E-state index is 11.9. The summed E-state index contributed by atoms with van der Waals surface area (Å²) < 4.78 is 0.832. The first-order valence-corrected chi connectivity index (χ1v) is 6.64. The average molecular weight is 332 g/mol. The van der Waals surface area contributed by atoms with E-state index >= 15 is 0 Å². The van der Waals surface area contributed by atoms with Crippen molar-refractivity contribution in [2.45, 2.75) is 12.3 Å². The lowest BCUT2D eigenvalue weighted by atomic mass is 9.62. The second-order valence-corrected chi connectivity index (χ2v) is 5.68. The maximum Gasteiger partial charge on any atom is 0.244 e. The number of hydrogen-bond donors (Lipinski definition) is 1. The normalized spacial score (nSPS) is 29.2. The van der Waals surface area contributed by atoms with Crippen molar-refractivity contribution in [1.82, 2.24) is 5.32 Å². The molecule has 2 rings (SSSR count). The molecule has 1 N–H and O–H groups in total. The summed E-state index contributed by atoms with van der Waals surface area (Å²) in [6.45, 7) is 1.61. The first kappa shape index (κ1) is 14.2. The number of halogens is 1. The minimum Gasteiger partial charge on any atom is -0.294 e. The van der Waals surface area contributed by atoms with Crippen LogP contribution in [0.1, 0.15) is 12.5 Å². The van der Waals surface area contributed by atoms with E-state index < -0.39 is 29.1 Å². The standard InChI is InChI=1S/C14H10BrN3O2/c1-14(8-2-4-9(15)5-3-8)10(6-16)12(19)18-13(20)11(14)7-17/h2-5,10-11H,1H3,(H,18,19,20). The number of piperidine rings is 1. The summed E-state index contributed by atoms with van der Waals surface area (Å²) in [5.74, 6) is -3.50. The number of amides is 2. The van der Waals surface area contributed by atoms with Gasteiger partial charge >= 0.3 is 0 Å². The van der Waals surface area contributed by atoms with Crippen molar-refractivity contribution < 1.29 is 9.59 Å². The minimum absolute atomic E-state index is 0.613. The number of carbonyl (C=O) groups is 2. The first-order chi connectivity index (χ1) is 9.44. The van der Waals surface area contributed by atoms with Crippen molar-refractivity contribution in [3.63, 3.8) is 0 Å². The van der Waals surface area contributed by atoms with Crippen molar-refractivity contribution in [2.24, 2.45) is 11.8 Å². The predicted octanol–water partition coefficient (Wildman–Crippen LogP) is 1.64. The fourth-order valence-corrected chi connectivity index (χ4v) is 2.77. The summed E-state index contributed by atoms with van der Waals surface area (Å²) >= 11 is 3.30. The molecule has 1 aliphatic rings. The minimum atomic E-state index is -1.16. The molecule has 20 heavy (non-hydrogen) atoms. The van der Waals surface area contributed by atoms with E-state index in [-0.39, 0.29) is 0 Å². The van der Waals surface area contributed by atoms with Crippen molar-refractivity contribution in [3.8, 4) is 12.1 Å². The highest BCUT2D eigenvalue weighted by molar-refractivity contribution is 9.10. The zero-order chi connectivity index (χ0) is 14.9. The smallest absolute Gasteiger partial charge is 0.244 e. The molecule has 1 aliphatic heterocycles. The molecule has 1 heterocycles. The Bertz CT molecular complexity index is 622. The number of nitriles is 2. The lowest BCUT2D eigenvalue weighted by Crippen LogP contribution is -2.58. The van der Waals surface area contributed by atoms with E-state index in [4.69, 9.17) is 0 Å². The van der Waals surface area contributed by atoms with E-state index in [9.17, 15) is 20.1 Å². The Morgan fingerprint density at radius 3 is 1.95 bits per heavy atom. The first-order valence-electron chi connectivity index (χ1n) is 5.85. The lowest BCUT2D eigenvalue weighted by molar-refractivity contribution is -0.140. The summed E-state index contributed by atoms with van der Waals surface area (Å²) in [6.07, 6.45) is 0. The van der Waals surface area contributed by atoms with Gasteiger partial charge < -0.3 is 0 Å². The van der Waals surface area contributed by atoms with Gasteiger partial charge in [-0.15, -0.1) is 0 Å². The summed E-state index contributed by atoms with van der Waals surface area (Å²) in [5, 5.41) is 20.6. The molecule has 0 saturated carbocycles. The molecule has 2 atom stereocenters. The Hall–Kier alpha value is -2.18. The van der Waals surface area contributed by atoms with Crippen LogP contribution in [0.15, 0.2) is 28.7 Å². The molecule has 1 aromatic rings. The Morgan fingerprint density at radius 2 is 1.55 bits per heavy atom. The molecule has 100 valence electrons. The van der Waals surface area contributed by atoms with E-state index in [1.807, 2.05) is 12.1 Å². The predicted molar refractivity (Wildman–Crippen MR) is 72.8 cm³/mol. The molecule has 6 heteroatoms. The zero-order valence-corrected chi connectivity index (χ0v) is 12.1. The Balaban J connectivity index is 2.65. The Kier molecular flexibility index (Phi) is 3.61. The largest absolute Gasteiger partial charge is 0.294 e. The number of nitrogens with one attached hydrogen (secondary N) is 1. The molecule has 1 saturated heterocycles. The Morgan fingerprint density at radius 1 is 1.10 bits per heavy atom. The van der Waals surface area contributed by atoms with Crippen LogP contribution in [0.2, 0.25) is 0 Å². The van der Waals surface area contributed by atoms with Crippen LogP contribution < -0.4 is 5.32 Å². The van der Waals surface area contributed by atoms with Gasteiger partial charge in [-0.25, -0.2) is 0 Å². The summed E-state index contributed by atoms with van der Waals surface area (Å²) in [4.78, 5) is 23.8. The summed E-state index contributed by atoms with van der Waals surface area (Å²) in [5.41, 5.74) is -0.550. The zero-order valence-electron chi connectivity index (χ0n) is 10.6. The van der Waals surface area contributed by atoms with E-state index in [0.29, 0.717) is 5.56 Å². The van der Waals surface area contributed by atoms with Gasteiger partial charge in [0.05, 0.1) is 12.1 Å². The lowest BCUT2D eigenvalue weighted by Gasteiger charge is -2.39. The maximum atomic E-state index is 11.9. The van der Waals surface area contributed by atoms with Crippen LogP contribution in [0.4, 0.5) is 0 Å². The number of hydrogen-bond acceptors (Lipinski definition) is 4. The molecule has 1 fully saturated rings. The summed E-state index contributed by atoms with van der Waals surface area (Å²) in [7, 11) is 0. The molecule has 0 radical (unpaired) electrons. The SMILES string of the molecule is CC1(c2ccc(Br)cc2)C(C#N)C(=O)NC(=O)C1C#N. The molecule has 0 aliphatic carbocycles. The third kappa shape index (κ3) is 1.99. The number of imide groups is 1. The van der Waals surface area contributed by atoms with Gasteiger partial charge in [-0.1, -0.05) is 35.0 Å². The number of rotatable bonds is 1. The number of carbonyl (C=O) groups excluding carboxylic acids is 2. The van der Waals surface area contributed by atoms with Gasteiger partial charge in [0.2, 0.25) is 11.8 Å². The topological polar surface area (TPSA) is 93.8 Å². The van der Waals surface area contributed by atoms with Crippen LogP contribution in [0, 0.1) is 34.5 Å². The van der Waals surface area contributed by atoms with Crippen LogP contribution in [0.5, 0.6) is 0 Å². The van der Waals surface area contributed by atoms with Gasteiger partial charge in [0.25, 0.3) is 0 Å². The monoisotopic (exact) mass is 331 g/mol. The number of nitrogens with zero attached hydrogens (tertiary/aromatic N) is 2. The van der Waals surface area contributed by atoms with Gasteiger partial charge in [0, 0.05) is 9.89 Å². The second kappa shape index (κ2) is 5.07. The quantitative estimate of drug-likeness (QED) is 0.791. The molecule has 2 unspecified atom stereocenters. The van der Waals surface area contributed by atoms with Crippen LogP contribution >= 0.6 is 15.9 Å². The Labute approximate surface area is 124 Å². The highest BCUT2D eigenvalue weighted by atomic mass is 79.9. The van der Waals surface area contributed by atoms with E-state index in [2.05, 4.69) is 21.2 Å². The number of benzene rings is 1. The molecular weight excluding hydrogens is 322 g/mol. The van der Waals surface area contributed by atoms with E-state index in [1.54, 1.807) is 31.2 Å². The van der Waals surface area contributed by atoms with Crippen molar-refractivity contribution in [2.75, 3.05) is 0 Å². The second-order valence-electron chi connectivity index (χ2n) is 4.77. The van der Waals surface area contributed by atoms with Gasteiger partial charge in [-0.2, -0.15) is 10.5 Å². The highest BCUT2D eigenvalue weighted by Gasteiger charge is 2.54. The fraction of sp³-hybridized carbons (Fsp3) is 0.286. The molecule has 0 aromatic heterocycles. The molecular formula is C14H10BrN3O2. The van der Waals surface area contributed by atoms with Crippen LogP contribution in [0.25, 0.3) is 0 Å². The van der Waals surface area contributed by atoms with Crippen molar-refractivity contribution in [3.05, 3.63) is 34.3 Å². The van der Waals surface area contributed by atoms with E-state index in [0.717, 1.165) is 4.47 Å². The molecule has 2 amide bonds. The molecule has 0 spiro atoms. The van der Waals surface area contributed by atoms with Crippen LogP contribution in [0.3, 0.4) is 0 Å². The third-order valence-electron chi connectivity index (χ3n) is 3.69. The molecule has 1 aromatic carbocycles. The van der Waals surface area contributed by atoms with Gasteiger partial charge in [0.1, 0.15) is 11.8 Å². The fourth-order valence-electron chi connectivity index (χ4n) is 2.50. The van der Waals surface area contributed by atoms with Gasteiger partial charge in [-0.3, -0.25) is 14.9 Å². The summed E-state index contributed by atoms with van der Waals surface area (Å²) in [6, 6.07) is 10.8. The molecule has 0 bridgehead atoms. The van der Waals surface area contributed by atoms with Gasteiger partial charge in [-0.05, 0) is 17.7 Å². The van der Waals surface area contributed by atoms with E-state index in [1.165, 1.54) is 0 Å². The third-order valence-corrected chi connectivity index (χ3v) is 4.22. The van der Waals surface area contributed by atoms with Crippen LogP contribution in [-0.2, 0) is 15.0 Å². The average Bonchev–Trinajstić information content (AvgIpc) is 2.39. The van der Waals surface area contributed by atoms with Gasteiger partial charge in [0.15, 0.2) is 0 Å². The molecule has 5 nitrogen and oxygen atoms in total.